The molecule has 2 fully saturated rings. The molecule has 0 spiro atoms. The summed E-state index contributed by atoms with van der Waals surface area (Å²) in [6.07, 6.45) is 0.401. The Balaban J connectivity index is 1.63. The number of carbonyl (C=O) groups is 3. The number of para-hydroxylation sites is 1. The molecule has 3 atom stereocenters. The van der Waals surface area contributed by atoms with Gasteiger partial charge in [-0.25, -0.2) is 4.79 Å². The van der Waals surface area contributed by atoms with E-state index in [1.54, 1.807) is 29.2 Å². The summed E-state index contributed by atoms with van der Waals surface area (Å²) in [4.78, 5) is 38.5. The third-order valence-electron chi connectivity index (χ3n) is 4.57. The molecule has 2 heterocycles. The fourth-order valence-electron chi connectivity index (χ4n) is 3.28. The summed E-state index contributed by atoms with van der Waals surface area (Å²) < 4.78 is 0. The van der Waals surface area contributed by atoms with Gasteiger partial charge >= 0.3 is 6.03 Å². The smallest absolute Gasteiger partial charge is 0.319 e. The third kappa shape index (κ3) is 3.56. The van der Waals surface area contributed by atoms with Gasteiger partial charge in [0.15, 0.2) is 0 Å². The molecule has 3 N–H and O–H groups in total. The zero-order chi connectivity index (χ0) is 18.1. The fraction of sp³-hybridized carbons (Fsp3) is 0.471. The molecule has 0 unspecified atom stereocenters. The lowest BCUT2D eigenvalue weighted by Crippen LogP contribution is -2.62. The molecule has 2 saturated heterocycles. The average molecular weight is 365 g/mol. The van der Waals surface area contributed by atoms with Crippen LogP contribution in [0.1, 0.15) is 20.3 Å². The minimum atomic E-state index is -0.520. The molecule has 0 saturated carbocycles. The molecule has 2 aliphatic rings. The van der Waals surface area contributed by atoms with Gasteiger partial charge in [-0.1, -0.05) is 37.6 Å². The molecule has 0 bridgehead atoms. The highest BCUT2D eigenvalue weighted by Crippen LogP contribution is 2.25. The topological polar surface area (TPSA) is 90.5 Å². The Labute approximate surface area is 151 Å². The predicted octanol–water partition coefficient (Wildman–Crippen LogP) is 1.59. The highest BCUT2D eigenvalue weighted by molar-refractivity contribution is 6.33. The molecule has 134 valence electrons. The number of halogens is 1. The number of fused-ring (bicyclic) bond motifs is 1. The van der Waals surface area contributed by atoms with Crippen molar-refractivity contribution in [2.75, 3.05) is 11.9 Å². The van der Waals surface area contributed by atoms with Gasteiger partial charge in [0.2, 0.25) is 11.8 Å². The van der Waals surface area contributed by atoms with E-state index >= 15 is 0 Å². The van der Waals surface area contributed by atoms with Crippen molar-refractivity contribution in [2.24, 2.45) is 5.92 Å². The minimum absolute atomic E-state index is 0.0212. The highest BCUT2D eigenvalue weighted by Gasteiger charge is 2.47. The lowest BCUT2D eigenvalue weighted by Gasteiger charge is -2.36. The lowest BCUT2D eigenvalue weighted by molar-refractivity contribution is -0.148. The Bertz CT molecular complexity index is 709. The maximum atomic E-state index is 12.5. The Morgan fingerprint density at radius 2 is 2.04 bits per heavy atom. The molecule has 1 aromatic carbocycles. The van der Waals surface area contributed by atoms with Gasteiger partial charge in [0, 0.05) is 6.54 Å². The van der Waals surface area contributed by atoms with E-state index in [0.717, 1.165) is 0 Å². The van der Waals surface area contributed by atoms with Crippen molar-refractivity contribution in [1.29, 1.82) is 0 Å². The number of anilines is 1. The van der Waals surface area contributed by atoms with Crippen molar-refractivity contribution in [2.45, 2.75) is 38.4 Å². The number of hydrogen-bond donors (Lipinski definition) is 3. The van der Waals surface area contributed by atoms with Crippen molar-refractivity contribution in [1.82, 2.24) is 15.5 Å². The summed E-state index contributed by atoms with van der Waals surface area (Å²) in [5, 5.41) is 8.72. The number of urea groups is 1. The average Bonchev–Trinajstić information content (AvgIpc) is 2.97. The number of nitrogens with one attached hydrogen (secondary N) is 3. The molecular formula is C17H21ClN4O3. The van der Waals surface area contributed by atoms with Crippen LogP contribution < -0.4 is 16.0 Å². The number of carbonyl (C=O) groups excluding carboxylic acids is 3. The van der Waals surface area contributed by atoms with E-state index in [9.17, 15) is 14.4 Å². The number of rotatable bonds is 3. The summed E-state index contributed by atoms with van der Waals surface area (Å²) in [6.45, 7) is 4.12. The first kappa shape index (κ1) is 17.5. The summed E-state index contributed by atoms with van der Waals surface area (Å²) in [6, 6.07) is 5.21. The molecule has 8 heteroatoms. The molecule has 4 amide bonds. The molecule has 25 heavy (non-hydrogen) atoms. The molecule has 1 aromatic rings. The van der Waals surface area contributed by atoms with Crippen LogP contribution in [0.5, 0.6) is 0 Å². The first-order chi connectivity index (χ1) is 11.9. The zero-order valence-electron chi connectivity index (χ0n) is 14.1. The Kier molecular flexibility index (Phi) is 4.85. The molecule has 2 aliphatic heterocycles. The standard InChI is InChI=1S/C17H21ClN4O3/c1-9(2)14-16(24)22-8-10(7-13(22)15(23)21-14)19-17(25)20-12-6-4-3-5-11(12)18/h3-6,9-10,13-14H,7-8H2,1-2H3,(H,21,23)(H2,19,20,25)/t10-,13-,14-/m0/s1. The van der Waals surface area contributed by atoms with E-state index in [1.165, 1.54) is 0 Å². The van der Waals surface area contributed by atoms with Crippen LogP contribution >= 0.6 is 11.6 Å². The van der Waals surface area contributed by atoms with E-state index in [4.69, 9.17) is 11.6 Å². The van der Waals surface area contributed by atoms with Crippen LogP contribution in [0, 0.1) is 5.92 Å². The zero-order valence-corrected chi connectivity index (χ0v) is 14.8. The number of nitrogens with zero attached hydrogens (tertiary/aromatic N) is 1. The molecule has 0 radical (unpaired) electrons. The Hall–Kier alpha value is -2.28. The van der Waals surface area contributed by atoms with Crippen LogP contribution in [0.2, 0.25) is 5.02 Å². The van der Waals surface area contributed by atoms with Crippen molar-refractivity contribution in [3.05, 3.63) is 29.3 Å². The van der Waals surface area contributed by atoms with E-state index in [2.05, 4.69) is 16.0 Å². The number of benzene rings is 1. The third-order valence-corrected chi connectivity index (χ3v) is 4.90. The van der Waals surface area contributed by atoms with Gasteiger partial charge in [-0.3, -0.25) is 9.59 Å². The fourth-order valence-corrected chi connectivity index (χ4v) is 3.46. The number of hydrogen-bond acceptors (Lipinski definition) is 3. The summed E-state index contributed by atoms with van der Waals surface area (Å²) in [7, 11) is 0. The predicted molar refractivity (Wildman–Crippen MR) is 94.3 cm³/mol. The van der Waals surface area contributed by atoms with Crippen molar-refractivity contribution in [3.63, 3.8) is 0 Å². The van der Waals surface area contributed by atoms with Crippen molar-refractivity contribution in [3.8, 4) is 0 Å². The van der Waals surface area contributed by atoms with E-state index < -0.39 is 18.1 Å². The van der Waals surface area contributed by atoms with Crippen LogP contribution in [0.15, 0.2) is 24.3 Å². The minimum Gasteiger partial charge on any atom is -0.342 e. The number of amides is 4. The van der Waals surface area contributed by atoms with Gasteiger partial charge in [0.25, 0.3) is 0 Å². The largest absolute Gasteiger partial charge is 0.342 e. The van der Waals surface area contributed by atoms with E-state index in [0.29, 0.717) is 23.7 Å². The van der Waals surface area contributed by atoms with Gasteiger partial charge in [0.05, 0.1) is 16.8 Å². The second kappa shape index (κ2) is 6.92. The van der Waals surface area contributed by atoms with Crippen LogP contribution in [0.3, 0.4) is 0 Å². The summed E-state index contributed by atoms with van der Waals surface area (Å²) in [5.74, 6) is -0.225. The van der Waals surface area contributed by atoms with Gasteiger partial charge in [-0.15, -0.1) is 0 Å². The van der Waals surface area contributed by atoms with Crippen LogP contribution in [-0.2, 0) is 9.59 Å². The van der Waals surface area contributed by atoms with Crippen LogP contribution in [0.4, 0.5) is 10.5 Å². The molecule has 0 aliphatic carbocycles. The number of piperazine rings is 1. The SMILES string of the molecule is CC(C)[C@@H]1NC(=O)[C@@H]2C[C@H](NC(=O)Nc3ccccc3Cl)CN2C1=O. The molecule has 7 nitrogen and oxygen atoms in total. The molecule has 0 aromatic heterocycles. The van der Waals surface area contributed by atoms with Crippen LogP contribution in [0.25, 0.3) is 0 Å². The highest BCUT2D eigenvalue weighted by atomic mass is 35.5. The van der Waals surface area contributed by atoms with E-state index in [1.807, 2.05) is 13.8 Å². The molecular weight excluding hydrogens is 344 g/mol. The van der Waals surface area contributed by atoms with E-state index in [-0.39, 0.29) is 23.8 Å². The van der Waals surface area contributed by atoms with Crippen LogP contribution in [-0.4, -0.2) is 47.4 Å². The quantitative estimate of drug-likeness (QED) is 0.760. The second-order valence-corrected chi connectivity index (χ2v) is 7.15. The second-order valence-electron chi connectivity index (χ2n) is 6.75. The monoisotopic (exact) mass is 364 g/mol. The maximum absolute atomic E-state index is 12.5. The summed E-state index contributed by atoms with van der Waals surface area (Å²) in [5.41, 5.74) is 0.506. The Morgan fingerprint density at radius 3 is 2.72 bits per heavy atom. The van der Waals surface area contributed by atoms with Gasteiger partial charge < -0.3 is 20.9 Å². The lowest BCUT2D eigenvalue weighted by atomic mass is 9.98. The summed E-state index contributed by atoms with van der Waals surface area (Å²) >= 11 is 6.02. The first-order valence-corrected chi connectivity index (χ1v) is 8.67. The van der Waals surface area contributed by atoms with Gasteiger partial charge in [0.1, 0.15) is 12.1 Å². The van der Waals surface area contributed by atoms with Gasteiger partial charge in [-0.2, -0.15) is 0 Å². The van der Waals surface area contributed by atoms with Crippen molar-refractivity contribution >= 4 is 35.1 Å². The molecule has 3 rings (SSSR count). The van der Waals surface area contributed by atoms with Crippen molar-refractivity contribution < 1.29 is 14.4 Å². The first-order valence-electron chi connectivity index (χ1n) is 8.29. The maximum Gasteiger partial charge on any atom is 0.319 e. The van der Waals surface area contributed by atoms with Gasteiger partial charge in [-0.05, 0) is 24.5 Å². The Morgan fingerprint density at radius 1 is 1.32 bits per heavy atom. The normalized spacial score (nSPS) is 25.6.